The monoisotopic (exact) mass is 574 g/mol. The lowest BCUT2D eigenvalue weighted by Gasteiger charge is -2.42. The summed E-state index contributed by atoms with van der Waals surface area (Å²) in [6.07, 6.45) is 7.20. The van der Waals surface area contributed by atoms with Crippen molar-refractivity contribution in [3.63, 3.8) is 0 Å². The molecule has 3 aliphatic carbocycles. The Bertz CT molecular complexity index is 1130. The topological polar surface area (TPSA) is 103 Å². The number of benzene rings is 1. The Morgan fingerprint density at radius 3 is 2.20 bits per heavy atom. The molecule has 228 valence electrons. The molecule has 2 amide bonds. The Kier molecular flexibility index (Phi) is 9.54. The molecule has 0 radical (unpaired) electrons. The molecule has 0 saturated heterocycles. The normalized spacial score (nSPS) is 30.9. The Morgan fingerprint density at radius 2 is 1.61 bits per heavy atom. The van der Waals surface area contributed by atoms with Crippen LogP contribution in [-0.2, 0) is 14.3 Å². The summed E-state index contributed by atoms with van der Waals surface area (Å²) < 4.78 is 31.4. The van der Waals surface area contributed by atoms with E-state index in [1.807, 2.05) is 6.92 Å². The molecule has 3 saturated carbocycles. The van der Waals surface area contributed by atoms with Crippen LogP contribution in [0, 0.1) is 34.4 Å². The molecule has 0 spiro atoms. The second-order valence-electron chi connectivity index (χ2n) is 13.3. The maximum absolute atomic E-state index is 15.1. The van der Waals surface area contributed by atoms with E-state index in [0.29, 0.717) is 32.2 Å². The highest BCUT2D eigenvalue weighted by molar-refractivity contribution is 5.98. The van der Waals surface area contributed by atoms with Gasteiger partial charge in [0.1, 0.15) is 5.75 Å². The van der Waals surface area contributed by atoms with E-state index in [4.69, 9.17) is 14.2 Å². The SMILES string of the molecule is COC(=O)C1(C)CCC(Oc2cc(C(=O)N[C@H]3[C@@H](C(=O)NCC4(C)CCC4)[C@H](C)CC[C@@H]3C)c(OC)cc2F)CC1. The highest BCUT2D eigenvalue weighted by atomic mass is 19.1. The minimum absolute atomic E-state index is 0.0196. The predicted octanol–water partition coefficient (Wildman–Crippen LogP) is 5.42. The van der Waals surface area contributed by atoms with Gasteiger partial charge in [-0.1, -0.05) is 27.2 Å². The van der Waals surface area contributed by atoms with Crippen molar-refractivity contribution in [3.05, 3.63) is 23.5 Å². The van der Waals surface area contributed by atoms with Crippen molar-refractivity contribution in [2.45, 2.75) is 97.6 Å². The van der Waals surface area contributed by atoms with Crippen LogP contribution in [0.3, 0.4) is 0 Å². The summed E-state index contributed by atoms with van der Waals surface area (Å²) in [4.78, 5) is 39.3. The number of hydrogen-bond donors (Lipinski definition) is 2. The first-order valence-corrected chi connectivity index (χ1v) is 15.1. The molecule has 8 nitrogen and oxygen atoms in total. The van der Waals surface area contributed by atoms with Crippen molar-refractivity contribution in [2.24, 2.45) is 28.6 Å². The van der Waals surface area contributed by atoms with Gasteiger partial charge in [-0.2, -0.15) is 0 Å². The zero-order valence-corrected chi connectivity index (χ0v) is 25.4. The molecule has 0 bridgehead atoms. The van der Waals surface area contributed by atoms with Gasteiger partial charge >= 0.3 is 5.97 Å². The molecule has 0 unspecified atom stereocenters. The molecule has 2 N–H and O–H groups in total. The van der Waals surface area contributed by atoms with Crippen LogP contribution in [0.25, 0.3) is 0 Å². The first-order valence-electron chi connectivity index (χ1n) is 15.1. The van der Waals surface area contributed by atoms with Gasteiger partial charge in [0.25, 0.3) is 5.91 Å². The van der Waals surface area contributed by atoms with Gasteiger partial charge in [0.05, 0.1) is 37.2 Å². The largest absolute Gasteiger partial charge is 0.496 e. The van der Waals surface area contributed by atoms with Crippen molar-refractivity contribution in [3.8, 4) is 11.5 Å². The van der Waals surface area contributed by atoms with Crippen LogP contribution in [-0.4, -0.2) is 50.7 Å². The van der Waals surface area contributed by atoms with Gasteiger partial charge in [0.2, 0.25) is 5.91 Å². The predicted molar refractivity (Wildman–Crippen MR) is 153 cm³/mol. The van der Waals surface area contributed by atoms with Gasteiger partial charge in [-0.3, -0.25) is 14.4 Å². The molecule has 1 aromatic carbocycles. The van der Waals surface area contributed by atoms with Crippen LogP contribution in [0.5, 0.6) is 11.5 Å². The second kappa shape index (κ2) is 12.6. The van der Waals surface area contributed by atoms with Gasteiger partial charge < -0.3 is 24.8 Å². The van der Waals surface area contributed by atoms with Crippen LogP contribution in [0.15, 0.2) is 12.1 Å². The lowest BCUT2D eigenvalue weighted by molar-refractivity contribution is -0.154. The van der Waals surface area contributed by atoms with Crippen molar-refractivity contribution in [1.29, 1.82) is 0 Å². The lowest BCUT2D eigenvalue weighted by Crippen LogP contribution is -2.55. The average molecular weight is 575 g/mol. The van der Waals surface area contributed by atoms with Gasteiger partial charge in [0, 0.05) is 18.7 Å². The van der Waals surface area contributed by atoms with Crippen molar-refractivity contribution >= 4 is 17.8 Å². The van der Waals surface area contributed by atoms with E-state index in [-0.39, 0.29) is 64.3 Å². The van der Waals surface area contributed by atoms with E-state index in [1.165, 1.54) is 32.8 Å². The molecule has 41 heavy (non-hydrogen) atoms. The zero-order chi connectivity index (χ0) is 29.9. The summed E-state index contributed by atoms with van der Waals surface area (Å²) in [5.74, 6) is -1.40. The quantitative estimate of drug-likeness (QED) is 0.382. The first kappa shape index (κ1) is 31.1. The minimum Gasteiger partial charge on any atom is -0.496 e. The number of esters is 1. The van der Waals surface area contributed by atoms with Gasteiger partial charge in [-0.05, 0) is 81.6 Å². The lowest BCUT2D eigenvalue weighted by atomic mass is 9.69. The number of ether oxygens (including phenoxy) is 3. The van der Waals surface area contributed by atoms with Gasteiger partial charge in [-0.15, -0.1) is 0 Å². The first-order chi connectivity index (χ1) is 19.4. The Labute approximate surface area is 243 Å². The number of carbonyl (C=O) groups excluding carboxylic acids is 3. The average Bonchev–Trinajstić information content (AvgIpc) is 2.94. The number of hydrogen-bond acceptors (Lipinski definition) is 6. The minimum atomic E-state index is -0.624. The van der Waals surface area contributed by atoms with Crippen LogP contribution >= 0.6 is 0 Å². The van der Waals surface area contributed by atoms with E-state index in [0.717, 1.165) is 25.7 Å². The molecule has 1 aromatic rings. The number of amides is 2. The fourth-order valence-corrected chi connectivity index (χ4v) is 6.80. The van der Waals surface area contributed by atoms with Crippen LogP contribution in [0.2, 0.25) is 0 Å². The maximum Gasteiger partial charge on any atom is 0.311 e. The van der Waals surface area contributed by atoms with Crippen LogP contribution < -0.4 is 20.1 Å². The van der Waals surface area contributed by atoms with E-state index >= 15 is 4.39 Å². The van der Waals surface area contributed by atoms with E-state index in [9.17, 15) is 14.4 Å². The van der Waals surface area contributed by atoms with Crippen LogP contribution in [0.1, 0.15) is 95.8 Å². The number of halogens is 1. The highest BCUT2D eigenvalue weighted by Gasteiger charge is 2.43. The third kappa shape index (κ3) is 6.81. The van der Waals surface area contributed by atoms with E-state index in [2.05, 4.69) is 31.4 Å². The molecule has 3 fully saturated rings. The fourth-order valence-electron chi connectivity index (χ4n) is 6.80. The Hall–Kier alpha value is -2.84. The summed E-state index contributed by atoms with van der Waals surface area (Å²) >= 11 is 0. The molecule has 4 rings (SSSR count). The molecule has 0 aliphatic heterocycles. The van der Waals surface area contributed by atoms with Gasteiger partial charge in [0.15, 0.2) is 11.6 Å². The highest BCUT2D eigenvalue weighted by Crippen LogP contribution is 2.41. The molecule has 9 heteroatoms. The summed E-state index contributed by atoms with van der Waals surface area (Å²) in [6, 6.07) is 2.19. The summed E-state index contributed by atoms with van der Waals surface area (Å²) in [6.45, 7) is 8.86. The molecule has 0 aromatic heterocycles. The Balaban J connectivity index is 1.48. The Morgan fingerprint density at radius 1 is 0.951 bits per heavy atom. The number of methoxy groups -OCH3 is 2. The maximum atomic E-state index is 15.1. The molecular formula is C32H47FN2O6. The third-order valence-corrected chi connectivity index (χ3v) is 10.0. The molecule has 3 aliphatic rings. The second-order valence-corrected chi connectivity index (χ2v) is 13.3. The van der Waals surface area contributed by atoms with Crippen molar-refractivity contribution in [1.82, 2.24) is 10.6 Å². The summed E-state index contributed by atoms with van der Waals surface area (Å²) in [7, 11) is 2.78. The summed E-state index contributed by atoms with van der Waals surface area (Å²) in [5, 5.41) is 6.29. The van der Waals surface area contributed by atoms with Crippen molar-refractivity contribution in [2.75, 3.05) is 20.8 Å². The van der Waals surface area contributed by atoms with Crippen molar-refractivity contribution < 1.29 is 33.0 Å². The van der Waals surface area contributed by atoms with Crippen LogP contribution in [0.4, 0.5) is 4.39 Å². The summed E-state index contributed by atoms with van der Waals surface area (Å²) in [5.41, 5.74) is -0.262. The number of carbonyl (C=O) groups is 3. The number of rotatable bonds is 9. The number of nitrogens with one attached hydrogen (secondary N) is 2. The molecular weight excluding hydrogens is 527 g/mol. The molecule has 4 atom stereocenters. The zero-order valence-electron chi connectivity index (χ0n) is 25.4. The van der Waals surface area contributed by atoms with E-state index in [1.54, 1.807) is 0 Å². The third-order valence-electron chi connectivity index (χ3n) is 10.0. The van der Waals surface area contributed by atoms with E-state index < -0.39 is 17.1 Å². The van der Waals surface area contributed by atoms with Gasteiger partial charge in [-0.25, -0.2) is 4.39 Å². The fraction of sp³-hybridized carbons (Fsp3) is 0.719. The molecule has 0 heterocycles. The standard InChI is InChI=1S/C32H47FN2O6/c1-19-8-9-20(2)27(26(19)29(37)34-18-31(3)12-7-13-31)35-28(36)22-16-25(23(33)17-24(22)39-5)41-21-10-14-32(4,15-11-21)30(38)40-6/h16-17,19-21,26-27H,7-15,18H2,1-6H3,(H,34,37)(H,35,36)/t19-,20+,21?,26+,27-,32?/m1/s1. The smallest absolute Gasteiger partial charge is 0.311 e.